The van der Waals surface area contributed by atoms with Gasteiger partial charge in [-0.3, -0.25) is 0 Å². The van der Waals surface area contributed by atoms with Gasteiger partial charge in [0, 0.05) is 23.8 Å². The lowest BCUT2D eigenvalue weighted by molar-refractivity contribution is 0.941. The summed E-state index contributed by atoms with van der Waals surface area (Å²) in [5.41, 5.74) is 2.89. The van der Waals surface area contributed by atoms with Gasteiger partial charge >= 0.3 is 0 Å². The molecule has 0 radical (unpaired) electrons. The summed E-state index contributed by atoms with van der Waals surface area (Å²) in [5.74, 6) is 0.815. The molecule has 3 heterocycles. The van der Waals surface area contributed by atoms with Crippen molar-refractivity contribution in [1.29, 1.82) is 0 Å². The first-order valence-corrected chi connectivity index (χ1v) is 8.42. The molecular formula is C17H13ClN4S. The van der Waals surface area contributed by atoms with E-state index in [1.165, 1.54) is 0 Å². The molecule has 4 rings (SSSR count). The van der Waals surface area contributed by atoms with Gasteiger partial charge in [-0.2, -0.15) is 5.10 Å². The van der Waals surface area contributed by atoms with Crippen LogP contribution in [-0.4, -0.2) is 14.6 Å². The Kier molecular flexibility index (Phi) is 3.73. The Labute approximate surface area is 142 Å². The minimum Gasteiger partial charge on any atom is -0.366 e. The fourth-order valence-electron chi connectivity index (χ4n) is 2.36. The van der Waals surface area contributed by atoms with Crippen LogP contribution in [0.1, 0.15) is 5.56 Å². The molecule has 4 aromatic rings. The van der Waals surface area contributed by atoms with Crippen molar-refractivity contribution in [3.8, 4) is 10.6 Å². The second kappa shape index (κ2) is 6.02. The molecule has 0 amide bonds. The van der Waals surface area contributed by atoms with Crippen LogP contribution in [0.3, 0.4) is 0 Å². The van der Waals surface area contributed by atoms with Crippen molar-refractivity contribution in [3.05, 3.63) is 70.7 Å². The van der Waals surface area contributed by atoms with Gasteiger partial charge in [0.05, 0.1) is 4.88 Å². The predicted molar refractivity (Wildman–Crippen MR) is 95.1 cm³/mol. The summed E-state index contributed by atoms with van der Waals surface area (Å²) < 4.78 is 1.79. The maximum atomic E-state index is 6.00. The Hall–Kier alpha value is -2.37. The van der Waals surface area contributed by atoms with Gasteiger partial charge in [-0.25, -0.2) is 9.50 Å². The van der Waals surface area contributed by atoms with Gasteiger partial charge in [0.2, 0.25) is 0 Å². The molecule has 4 nitrogen and oxygen atoms in total. The number of nitrogens with zero attached hydrogens (tertiary/aromatic N) is 3. The maximum absolute atomic E-state index is 6.00. The third-order valence-electron chi connectivity index (χ3n) is 3.46. The normalized spacial score (nSPS) is 11.0. The number of nitrogens with one attached hydrogen (secondary N) is 1. The fraction of sp³-hybridized carbons (Fsp3) is 0.0588. The molecule has 0 atom stereocenters. The van der Waals surface area contributed by atoms with Crippen molar-refractivity contribution in [3.63, 3.8) is 0 Å². The summed E-state index contributed by atoms with van der Waals surface area (Å²) in [6.07, 6.45) is 1.92. The van der Waals surface area contributed by atoms with Crippen molar-refractivity contribution in [2.75, 3.05) is 5.32 Å². The Morgan fingerprint density at radius 2 is 2.09 bits per heavy atom. The van der Waals surface area contributed by atoms with E-state index in [0.29, 0.717) is 6.54 Å². The quantitative estimate of drug-likeness (QED) is 0.584. The average Bonchev–Trinajstić information content (AvgIpc) is 3.21. The Morgan fingerprint density at radius 3 is 2.91 bits per heavy atom. The first-order chi connectivity index (χ1) is 11.3. The smallest absolute Gasteiger partial charge is 0.157 e. The first kappa shape index (κ1) is 14.2. The van der Waals surface area contributed by atoms with E-state index in [2.05, 4.69) is 21.5 Å². The Bertz CT molecular complexity index is 946. The summed E-state index contributed by atoms with van der Waals surface area (Å²) in [6.45, 7) is 0.676. The number of hydrogen-bond acceptors (Lipinski definition) is 4. The van der Waals surface area contributed by atoms with Crippen LogP contribution in [0.5, 0.6) is 0 Å². The van der Waals surface area contributed by atoms with Gasteiger partial charge in [-0.05, 0) is 35.2 Å². The van der Waals surface area contributed by atoms with Gasteiger partial charge in [-0.15, -0.1) is 11.3 Å². The molecule has 0 saturated carbocycles. The minimum atomic E-state index is 0.676. The molecule has 0 bridgehead atoms. The molecule has 0 aliphatic carbocycles. The lowest BCUT2D eigenvalue weighted by atomic mass is 10.2. The standard InChI is InChI=1S/C17H13ClN4S/c18-13-4-1-3-12(9-13)11-19-16-6-7-22-17(20-16)10-14(21-22)15-5-2-8-23-15/h1-10H,11H2,(H,19,20). The molecule has 0 aliphatic rings. The minimum absolute atomic E-state index is 0.676. The molecule has 0 unspecified atom stereocenters. The lowest BCUT2D eigenvalue weighted by Gasteiger charge is -2.06. The van der Waals surface area contributed by atoms with E-state index < -0.39 is 0 Å². The highest BCUT2D eigenvalue weighted by atomic mass is 35.5. The van der Waals surface area contributed by atoms with E-state index in [0.717, 1.165) is 32.6 Å². The second-order valence-electron chi connectivity index (χ2n) is 5.11. The van der Waals surface area contributed by atoms with Crippen molar-refractivity contribution in [2.45, 2.75) is 6.54 Å². The van der Waals surface area contributed by atoms with Crippen LogP contribution in [0.25, 0.3) is 16.2 Å². The van der Waals surface area contributed by atoms with E-state index >= 15 is 0 Å². The molecule has 0 saturated heterocycles. The van der Waals surface area contributed by atoms with Crippen LogP contribution in [0.2, 0.25) is 5.02 Å². The van der Waals surface area contributed by atoms with Gasteiger partial charge in [0.1, 0.15) is 11.5 Å². The van der Waals surface area contributed by atoms with Gasteiger partial charge < -0.3 is 5.32 Å². The molecule has 114 valence electrons. The molecule has 1 N–H and O–H groups in total. The topological polar surface area (TPSA) is 42.2 Å². The summed E-state index contributed by atoms with van der Waals surface area (Å²) in [5, 5.41) is 10.6. The molecule has 0 fully saturated rings. The molecule has 6 heteroatoms. The maximum Gasteiger partial charge on any atom is 0.157 e. The van der Waals surface area contributed by atoms with Gasteiger partial charge in [0.25, 0.3) is 0 Å². The van der Waals surface area contributed by atoms with Crippen LogP contribution in [-0.2, 0) is 6.54 Å². The summed E-state index contributed by atoms with van der Waals surface area (Å²) in [4.78, 5) is 5.75. The molecule has 23 heavy (non-hydrogen) atoms. The predicted octanol–water partition coefficient (Wildman–Crippen LogP) is 4.72. The van der Waals surface area contributed by atoms with Crippen molar-refractivity contribution in [2.24, 2.45) is 0 Å². The number of halogens is 1. The Balaban J connectivity index is 1.56. The molecule has 1 aromatic carbocycles. The molecule has 0 spiro atoms. The lowest BCUT2D eigenvalue weighted by Crippen LogP contribution is -2.02. The SMILES string of the molecule is Clc1cccc(CNc2ccn3nc(-c4cccs4)cc3n2)c1. The second-order valence-corrected chi connectivity index (χ2v) is 6.49. The first-order valence-electron chi connectivity index (χ1n) is 7.16. The van der Waals surface area contributed by atoms with Crippen LogP contribution in [0, 0.1) is 0 Å². The van der Waals surface area contributed by atoms with E-state index in [9.17, 15) is 0 Å². The van der Waals surface area contributed by atoms with E-state index in [1.54, 1.807) is 15.9 Å². The highest BCUT2D eigenvalue weighted by molar-refractivity contribution is 7.13. The number of rotatable bonds is 4. The monoisotopic (exact) mass is 340 g/mol. The summed E-state index contributed by atoms with van der Waals surface area (Å²) in [7, 11) is 0. The fourth-order valence-corrected chi connectivity index (χ4v) is 3.26. The number of aromatic nitrogens is 3. The van der Waals surface area contributed by atoms with E-state index in [1.807, 2.05) is 54.0 Å². The Morgan fingerprint density at radius 1 is 1.13 bits per heavy atom. The average molecular weight is 341 g/mol. The van der Waals surface area contributed by atoms with Crippen LogP contribution in [0.15, 0.2) is 60.1 Å². The van der Waals surface area contributed by atoms with E-state index in [-0.39, 0.29) is 0 Å². The molecule has 3 aromatic heterocycles. The molecule has 0 aliphatic heterocycles. The van der Waals surface area contributed by atoms with Gasteiger partial charge in [0.15, 0.2) is 5.65 Å². The van der Waals surface area contributed by atoms with Crippen molar-refractivity contribution >= 4 is 34.4 Å². The zero-order chi connectivity index (χ0) is 15.6. The van der Waals surface area contributed by atoms with Crippen molar-refractivity contribution in [1.82, 2.24) is 14.6 Å². The number of benzene rings is 1. The van der Waals surface area contributed by atoms with Crippen LogP contribution < -0.4 is 5.32 Å². The van der Waals surface area contributed by atoms with Crippen LogP contribution in [0.4, 0.5) is 5.82 Å². The van der Waals surface area contributed by atoms with Crippen molar-refractivity contribution < 1.29 is 0 Å². The number of thiophene rings is 1. The third kappa shape index (κ3) is 3.06. The van der Waals surface area contributed by atoms with E-state index in [4.69, 9.17) is 11.6 Å². The van der Waals surface area contributed by atoms with Gasteiger partial charge in [-0.1, -0.05) is 29.8 Å². The van der Waals surface area contributed by atoms with Crippen LogP contribution >= 0.6 is 22.9 Å². The number of anilines is 1. The number of fused-ring (bicyclic) bond motifs is 1. The zero-order valence-corrected chi connectivity index (χ0v) is 13.7. The number of hydrogen-bond donors (Lipinski definition) is 1. The highest BCUT2D eigenvalue weighted by Gasteiger charge is 2.07. The highest BCUT2D eigenvalue weighted by Crippen LogP contribution is 2.24. The third-order valence-corrected chi connectivity index (χ3v) is 4.59. The largest absolute Gasteiger partial charge is 0.366 e. The summed E-state index contributed by atoms with van der Waals surface area (Å²) >= 11 is 7.67. The summed E-state index contributed by atoms with van der Waals surface area (Å²) in [6, 6.07) is 15.8. The molecular weight excluding hydrogens is 328 g/mol. The zero-order valence-electron chi connectivity index (χ0n) is 12.1.